The molecule has 4 heteroatoms. The standard InChI is InChI=1S/C15H18N2OS/c1-4-10(2)14(13-9-19-15(16)17-13)11-5-7-12(18-3)8-6-11/h4-10,14H,1H2,2-3H3,(H2,16,17)/p+1. The lowest BCUT2D eigenvalue weighted by Crippen LogP contribution is -2.19. The Labute approximate surface area is 117 Å². The van der Waals surface area contributed by atoms with E-state index in [2.05, 4.69) is 36.0 Å². The lowest BCUT2D eigenvalue weighted by atomic mass is 9.85. The number of allylic oxidation sites excluding steroid dienone is 1. The maximum atomic E-state index is 5.80. The Balaban J connectivity index is 2.39. The zero-order chi connectivity index (χ0) is 13.8. The van der Waals surface area contributed by atoms with Crippen molar-refractivity contribution in [1.82, 2.24) is 0 Å². The van der Waals surface area contributed by atoms with Gasteiger partial charge in [-0.1, -0.05) is 36.5 Å². The SMILES string of the molecule is C=CC(C)C(c1ccc(OC)cc1)c1csc(N)[nH+]1. The third-order valence-corrected chi connectivity index (χ3v) is 4.02. The predicted molar refractivity (Wildman–Crippen MR) is 79.5 cm³/mol. The van der Waals surface area contributed by atoms with Crippen molar-refractivity contribution in [2.24, 2.45) is 5.92 Å². The maximum Gasteiger partial charge on any atom is 0.329 e. The van der Waals surface area contributed by atoms with Crippen molar-refractivity contribution in [3.63, 3.8) is 0 Å². The molecule has 2 atom stereocenters. The molecule has 2 rings (SSSR count). The number of aromatic amines is 1. The lowest BCUT2D eigenvalue weighted by molar-refractivity contribution is -0.369. The molecule has 2 unspecified atom stereocenters. The molecule has 3 N–H and O–H groups in total. The van der Waals surface area contributed by atoms with Crippen molar-refractivity contribution >= 4 is 16.5 Å². The van der Waals surface area contributed by atoms with Crippen LogP contribution in [0.1, 0.15) is 24.1 Å². The highest BCUT2D eigenvalue weighted by molar-refractivity contribution is 7.13. The van der Waals surface area contributed by atoms with Gasteiger partial charge in [0, 0.05) is 5.38 Å². The van der Waals surface area contributed by atoms with E-state index in [4.69, 9.17) is 10.5 Å². The number of nitrogen functional groups attached to an aromatic ring is 1. The summed E-state index contributed by atoms with van der Waals surface area (Å²) in [6, 6.07) is 8.14. The summed E-state index contributed by atoms with van der Waals surface area (Å²) < 4.78 is 5.20. The number of aromatic nitrogens is 1. The maximum absolute atomic E-state index is 5.80. The molecule has 0 saturated carbocycles. The molecule has 0 amide bonds. The Bertz CT molecular complexity index is 548. The quantitative estimate of drug-likeness (QED) is 0.852. The summed E-state index contributed by atoms with van der Waals surface area (Å²) in [6.45, 7) is 6.06. The first-order chi connectivity index (χ1) is 9.15. The van der Waals surface area contributed by atoms with Crippen LogP contribution in [0, 0.1) is 5.92 Å². The van der Waals surface area contributed by atoms with Crippen LogP contribution < -0.4 is 15.5 Å². The van der Waals surface area contributed by atoms with E-state index in [0.29, 0.717) is 5.92 Å². The molecule has 0 aliphatic rings. The molecule has 0 bridgehead atoms. The van der Waals surface area contributed by atoms with Crippen LogP contribution in [0.3, 0.4) is 0 Å². The second kappa shape index (κ2) is 5.89. The number of hydrogen-bond acceptors (Lipinski definition) is 3. The number of methoxy groups -OCH3 is 1. The summed E-state index contributed by atoms with van der Waals surface area (Å²) in [5.41, 5.74) is 8.15. The molecule has 0 aliphatic heterocycles. The number of H-pyrrole nitrogens is 1. The van der Waals surface area contributed by atoms with Gasteiger partial charge in [-0.25, -0.2) is 4.98 Å². The van der Waals surface area contributed by atoms with Crippen molar-refractivity contribution in [3.8, 4) is 5.75 Å². The van der Waals surface area contributed by atoms with Gasteiger partial charge in [0.25, 0.3) is 0 Å². The Hall–Kier alpha value is -1.81. The summed E-state index contributed by atoms with van der Waals surface area (Å²) in [5.74, 6) is 1.41. The summed E-state index contributed by atoms with van der Waals surface area (Å²) in [4.78, 5) is 3.24. The van der Waals surface area contributed by atoms with Gasteiger partial charge in [-0.15, -0.1) is 6.58 Å². The van der Waals surface area contributed by atoms with Gasteiger partial charge in [0.05, 0.1) is 13.0 Å². The Morgan fingerprint density at radius 1 is 1.37 bits per heavy atom. The van der Waals surface area contributed by atoms with Crippen molar-refractivity contribution in [3.05, 3.63) is 53.6 Å². The molecule has 0 fully saturated rings. The molecule has 19 heavy (non-hydrogen) atoms. The molecular weight excluding hydrogens is 256 g/mol. The van der Waals surface area contributed by atoms with Crippen molar-refractivity contribution < 1.29 is 9.72 Å². The van der Waals surface area contributed by atoms with Crippen LogP contribution in [0.25, 0.3) is 0 Å². The number of ether oxygens (including phenoxy) is 1. The zero-order valence-corrected chi connectivity index (χ0v) is 12.0. The zero-order valence-electron chi connectivity index (χ0n) is 11.2. The smallest absolute Gasteiger partial charge is 0.329 e. The van der Waals surface area contributed by atoms with Crippen LogP contribution in [-0.2, 0) is 0 Å². The average molecular weight is 275 g/mol. The van der Waals surface area contributed by atoms with Crippen LogP contribution in [0.2, 0.25) is 0 Å². The number of benzene rings is 1. The largest absolute Gasteiger partial charge is 0.497 e. The van der Waals surface area contributed by atoms with Gasteiger partial charge in [0.2, 0.25) is 0 Å². The number of nitrogens with two attached hydrogens (primary N) is 1. The third kappa shape index (κ3) is 2.96. The van der Waals surface area contributed by atoms with E-state index >= 15 is 0 Å². The Kier molecular flexibility index (Phi) is 4.22. The van der Waals surface area contributed by atoms with Gasteiger partial charge < -0.3 is 4.74 Å². The highest BCUT2D eigenvalue weighted by Crippen LogP contribution is 2.32. The first-order valence-electron chi connectivity index (χ1n) is 6.18. The number of nitrogens with one attached hydrogen (secondary N) is 1. The van der Waals surface area contributed by atoms with Gasteiger partial charge in [0.15, 0.2) is 0 Å². The average Bonchev–Trinajstić information content (AvgIpc) is 2.86. The van der Waals surface area contributed by atoms with Gasteiger partial charge in [0.1, 0.15) is 11.4 Å². The molecule has 0 aliphatic carbocycles. The minimum Gasteiger partial charge on any atom is -0.497 e. The van der Waals surface area contributed by atoms with E-state index in [0.717, 1.165) is 16.6 Å². The minimum absolute atomic E-state index is 0.233. The number of rotatable bonds is 5. The fraction of sp³-hybridized carbons (Fsp3) is 0.267. The van der Waals surface area contributed by atoms with E-state index < -0.39 is 0 Å². The number of hydrogen-bond donors (Lipinski definition) is 1. The molecule has 3 nitrogen and oxygen atoms in total. The molecule has 0 saturated heterocycles. The summed E-state index contributed by atoms with van der Waals surface area (Å²) in [6.07, 6.45) is 1.97. The Morgan fingerprint density at radius 3 is 2.53 bits per heavy atom. The molecule has 2 aromatic rings. The number of anilines is 1. The van der Waals surface area contributed by atoms with E-state index in [-0.39, 0.29) is 5.92 Å². The summed E-state index contributed by atoms with van der Waals surface area (Å²) >= 11 is 1.53. The minimum atomic E-state index is 0.233. The third-order valence-electron chi connectivity index (χ3n) is 3.29. The molecule has 1 aromatic carbocycles. The molecule has 1 aromatic heterocycles. The fourth-order valence-corrected chi connectivity index (χ4v) is 2.83. The predicted octanol–water partition coefficient (Wildman–Crippen LogP) is 3.11. The van der Waals surface area contributed by atoms with Crippen molar-refractivity contribution in [1.29, 1.82) is 0 Å². The highest BCUT2D eigenvalue weighted by Gasteiger charge is 2.24. The summed E-state index contributed by atoms with van der Waals surface area (Å²) in [7, 11) is 1.67. The molecule has 0 radical (unpaired) electrons. The van der Waals surface area contributed by atoms with Crippen LogP contribution in [0.4, 0.5) is 5.13 Å². The van der Waals surface area contributed by atoms with E-state index in [1.807, 2.05) is 18.2 Å². The monoisotopic (exact) mass is 275 g/mol. The Morgan fingerprint density at radius 2 is 2.05 bits per heavy atom. The highest BCUT2D eigenvalue weighted by atomic mass is 32.1. The summed E-state index contributed by atoms with van der Waals surface area (Å²) in [5, 5.41) is 2.80. The molecule has 1 heterocycles. The first-order valence-corrected chi connectivity index (χ1v) is 7.06. The lowest BCUT2D eigenvalue weighted by Gasteiger charge is -2.19. The molecular formula is C15H19N2OS+. The topological polar surface area (TPSA) is 49.4 Å². The van der Waals surface area contributed by atoms with E-state index in [1.165, 1.54) is 16.9 Å². The van der Waals surface area contributed by atoms with Gasteiger partial charge in [-0.05, 0) is 23.6 Å². The molecule has 0 spiro atoms. The molecule has 100 valence electrons. The second-order valence-electron chi connectivity index (χ2n) is 4.53. The normalized spacial score (nSPS) is 13.8. The van der Waals surface area contributed by atoms with Crippen LogP contribution >= 0.6 is 11.3 Å². The van der Waals surface area contributed by atoms with Gasteiger partial charge in [-0.3, -0.25) is 5.73 Å². The van der Waals surface area contributed by atoms with Crippen molar-refractivity contribution in [2.45, 2.75) is 12.8 Å². The number of thiazole rings is 1. The van der Waals surface area contributed by atoms with Crippen LogP contribution in [-0.4, -0.2) is 7.11 Å². The van der Waals surface area contributed by atoms with E-state index in [1.54, 1.807) is 7.11 Å². The second-order valence-corrected chi connectivity index (χ2v) is 5.44. The van der Waals surface area contributed by atoms with Gasteiger partial charge >= 0.3 is 5.13 Å². The van der Waals surface area contributed by atoms with Crippen molar-refractivity contribution in [2.75, 3.05) is 12.8 Å². The first kappa shape index (κ1) is 13.6. The fourth-order valence-electron chi connectivity index (χ4n) is 2.19. The van der Waals surface area contributed by atoms with Crippen LogP contribution in [0.15, 0.2) is 42.3 Å². The van der Waals surface area contributed by atoms with E-state index in [9.17, 15) is 0 Å². The van der Waals surface area contributed by atoms with Gasteiger partial charge in [-0.2, -0.15) is 0 Å². The van der Waals surface area contributed by atoms with Crippen LogP contribution in [0.5, 0.6) is 5.75 Å².